The first-order valence-electron chi connectivity index (χ1n) is 7.16. The Bertz CT molecular complexity index is 421. The highest BCUT2D eigenvalue weighted by atomic mass is 16.5. The maximum absolute atomic E-state index is 5.28. The molecule has 0 aliphatic heterocycles. The normalized spacial score (nSPS) is 15.9. The van der Waals surface area contributed by atoms with Crippen molar-refractivity contribution < 1.29 is 4.52 Å². The van der Waals surface area contributed by atoms with E-state index in [2.05, 4.69) is 41.6 Å². The van der Waals surface area contributed by atoms with Gasteiger partial charge in [0.2, 0.25) is 0 Å². The molecule has 1 aromatic heterocycles. The van der Waals surface area contributed by atoms with Crippen molar-refractivity contribution in [3.63, 3.8) is 0 Å². The second-order valence-corrected chi connectivity index (χ2v) is 5.39. The predicted molar refractivity (Wildman–Crippen MR) is 76.1 cm³/mol. The minimum absolute atomic E-state index is 0.391. The van der Waals surface area contributed by atoms with Crippen molar-refractivity contribution in [2.24, 2.45) is 10.9 Å². The Labute approximate surface area is 114 Å². The molecule has 2 rings (SSSR count). The monoisotopic (exact) mass is 264 g/mol. The van der Waals surface area contributed by atoms with Gasteiger partial charge in [-0.25, -0.2) is 4.99 Å². The molecule has 0 radical (unpaired) electrons. The van der Waals surface area contributed by atoms with Gasteiger partial charge < -0.3 is 15.2 Å². The number of hydrogen-bond acceptors (Lipinski definition) is 3. The van der Waals surface area contributed by atoms with Gasteiger partial charge in [0.15, 0.2) is 11.7 Å². The first-order valence-corrected chi connectivity index (χ1v) is 7.16. The van der Waals surface area contributed by atoms with E-state index in [4.69, 9.17) is 4.52 Å². The highest BCUT2D eigenvalue weighted by molar-refractivity contribution is 5.79. The Morgan fingerprint density at radius 2 is 2.26 bits per heavy atom. The van der Waals surface area contributed by atoms with Crippen LogP contribution in [0.25, 0.3) is 0 Å². The maximum atomic E-state index is 5.28. The van der Waals surface area contributed by atoms with E-state index in [-0.39, 0.29) is 0 Å². The van der Waals surface area contributed by atoms with Crippen LogP contribution in [0, 0.1) is 5.92 Å². The fourth-order valence-electron chi connectivity index (χ4n) is 1.74. The Kier molecular flexibility index (Phi) is 4.82. The molecule has 106 valence electrons. The van der Waals surface area contributed by atoms with Gasteiger partial charge in [0.25, 0.3) is 0 Å². The molecule has 0 amide bonds. The summed E-state index contributed by atoms with van der Waals surface area (Å²) in [6, 6.07) is 1.98. The lowest BCUT2D eigenvalue weighted by Crippen LogP contribution is -2.38. The predicted octanol–water partition coefficient (Wildman–Crippen LogP) is 2.26. The van der Waals surface area contributed by atoms with Crippen LogP contribution in [0.4, 0.5) is 0 Å². The summed E-state index contributed by atoms with van der Waals surface area (Å²) >= 11 is 0. The molecule has 1 aliphatic carbocycles. The van der Waals surface area contributed by atoms with Crippen molar-refractivity contribution in [3.05, 3.63) is 17.5 Å². The average molecular weight is 264 g/mol. The molecular formula is C14H24N4O. The Hall–Kier alpha value is -1.52. The van der Waals surface area contributed by atoms with E-state index in [9.17, 15) is 0 Å². The van der Waals surface area contributed by atoms with Crippen molar-refractivity contribution in [1.29, 1.82) is 0 Å². The molecule has 5 heteroatoms. The average Bonchev–Trinajstić information content (AvgIpc) is 3.08. The van der Waals surface area contributed by atoms with Gasteiger partial charge >= 0.3 is 0 Å². The van der Waals surface area contributed by atoms with Crippen LogP contribution in [-0.4, -0.2) is 24.2 Å². The van der Waals surface area contributed by atoms with Crippen LogP contribution in [0.2, 0.25) is 0 Å². The minimum atomic E-state index is 0.391. The summed E-state index contributed by atoms with van der Waals surface area (Å²) in [5.41, 5.74) is 0.987. The first-order chi connectivity index (χ1) is 9.19. The number of nitrogens with zero attached hydrogens (tertiary/aromatic N) is 2. The number of guanidine groups is 1. The van der Waals surface area contributed by atoms with Crippen LogP contribution in [0.3, 0.4) is 0 Å². The minimum Gasteiger partial charge on any atom is -0.359 e. The molecule has 0 aromatic carbocycles. The van der Waals surface area contributed by atoms with Crippen molar-refractivity contribution in [3.8, 4) is 0 Å². The van der Waals surface area contributed by atoms with E-state index in [1.165, 1.54) is 12.8 Å². The van der Waals surface area contributed by atoms with Crippen molar-refractivity contribution in [2.45, 2.75) is 46.1 Å². The quantitative estimate of drug-likeness (QED) is 0.611. The van der Waals surface area contributed by atoms with Crippen molar-refractivity contribution in [2.75, 3.05) is 13.1 Å². The molecule has 1 saturated carbocycles. The van der Waals surface area contributed by atoms with Gasteiger partial charge in [-0.2, -0.15) is 0 Å². The van der Waals surface area contributed by atoms with Gasteiger partial charge in [0.1, 0.15) is 6.54 Å². The zero-order valence-corrected chi connectivity index (χ0v) is 12.1. The van der Waals surface area contributed by atoms with Gasteiger partial charge in [-0.1, -0.05) is 19.0 Å². The van der Waals surface area contributed by atoms with Crippen LogP contribution < -0.4 is 10.6 Å². The largest absolute Gasteiger partial charge is 0.359 e. The molecule has 2 N–H and O–H groups in total. The summed E-state index contributed by atoms with van der Waals surface area (Å²) in [5.74, 6) is 2.90. The lowest BCUT2D eigenvalue weighted by Gasteiger charge is -2.09. The molecule has 1 fully saturated rings. The zero-order valence-electron chi connectivity index (χ0n) is 12.1. The van der Waals surface area contributed by atoms with E-state index >= 15 is 0 Å². The highest BCUT2D eigenvalue weighted by Crippen LogP contribution is 2.27. The van der Waals surface area contributed by atoms with Gasteiger partial charge in [-0.05, 0) is 31.6 Å². The summed E-state index contributed by atoms with van der Waals surface area (Å²) in [6.45, 7) is 8.68. The smallest absolute Gasteiger partial charge is 0.191 e. The summed E-state index contributed by atoms with van der Waals surface area (Å²) in [4.78, 5) is 4.52. The molecule has 1 heterocycles. The van der Waals surface area contributed by atoms with Gasteiger partial charge in [-0.3, -0.25) is 0 Å². The molecule has 5 nitrogen and oxygen atoms in total. The van der Waals surface area contributed by atoms with E-state index in [1.807, 2.05) is 6.07 Å². The molecule has 19 heavy (non-hydrogen) atoms. The molecule has 0 spiro atoms. The number of nitrogens with one attached hydrogen (secondary N) is 2. The standard InChI is InChI=1S/C14H24N4O/c1-4-15-14(16-8-11-5-6-11)17-9-12-7-13(10(2)3)18-19-12/h7,10-11H,4-6,8-9H2,1-3H3,(H2,15,16,17). The molecule has 1 aromatic rings. The van der Waals surface area contributed by atoms with Crippen LogP contribution in [-0.2, 0) is 6.54 Å². The van der Waals surface area contributed by atoms with Gasteiger partial charge in [0, 0.05) is 19.2 Å². The third kappa shape index (κ3) is 4.58. The summed E-state index contributed by atoms with van der Waals surface area (Å²) in [7, 11) is 0. The van der Waals surface area contributed by atoms with Crippen molar-refractivity contribution >= 4 is 5.96 Å². The lowest BCUT2D eigenvalue weighted by molar-refractivity contribution is 0.376. The van der Waals surface area contributed by atoms with Gasteiger partial charge in [-0.15, -0.1) is 0 Å². The third-order valence-electron chi connectivity index (χ3n) is 3.16. The zero-order chi connectivity index (χ0) is 13.7. The molecule has 0 saturated heterocycles. The number of aromatic nitrogens is 1. The summed E-state index contributed by atoms with van der Waals surface area (Å²) < 4.78 is 5.28. The van der Waals surface area contributed by atoms with Crippen LogP contribution in [0.5, 0.6) is 0 Å². The molecule has 0 atom stereocenters. The SMILES string of the molecule is CCNC(=NCc1cc(C(C)C)no1)NCC1CC1. The first kappa shape index (κ1) is 13.9. The fraction of sp³-hybridized carbons (Fsp3) is 0.714. The van der Waals surface area contributed by atoms with E-state index in [0.29, 0.717) is 12.5 Å². The molecular weight excluding hydrogens is 240 g/mol. The van der Waals surface area contributed by atoms with E-state index in [0.717, 1.165) is 36.4 Å². The van der Waals surface area contributed by atoms with Gasteiger partial charge in [0.05, 0.1) is 5.69 Å². The molecule has 1 aliphatic rings. The summed E-state index contributed by atoms with van der Waals surface area (Å²) in [6.07, 6.45) is 2.68. The second kappa shape index (κ2) is 6.59. The Morgan fingerprint density at radius 1 is 1.47 bits per heavy atom. The Morgan fingerprint density at radius 3 is 2.84 bits per heavy atom. The number of aliphatic imine (C=N–C) groups is 1. The van der Waals surface area contributed by atoms with Crippen LogP contribution in [0.1, 0.15) is 51.0 Å². The fourth-order valence-corrected chi connectivity index (χ4v) is 1.74. The molecule has 0 unspecified atom stereocenters. The second-order valence-electron chi connectivity index (χ2n) is 5.39. The third-order valence-corrected chi connectivity index (χ3v) is 3.16. The number of hydrogen-bond donors (Lipinski definition) is 2. The van der Waals surface area contributed by atoms with Crippen LogP contribution in [0.15, 0.2) is 15.6 Å². The van der Waals surface area contributed by atoms with Crippen molar-refractivity contribution in [1.82, 2.24) is 15.8 Å². The van der Waals surface area contributed by atoms with E-state index in [1.54, 1.807) is 0 Å². The highest BCUT2D eigenvalue weighted by Gasteiger charge is 2.21. The lowest BCUT2D eigenvalue weighted by atomic mass is 10.1. The Balaban J connectivity index is 1.87. The molecule has 0 bridgehead atoms. The topological polar surface area (TPSA) is 62.5 Å². The number of rotatable bonds is 6. The van der Waals surface area contributed by atoms with Crippen LogP contribution >= 0.6 is 0 Å². The summed E-state index contributed by atoms with van der Waals surface area (Å²) in [5, 5.41) is 10.6. The maximum Gasteiger partial charge on any atom is 0.191 e. The van der Waals surface area contributed by atoms with E-state index < -0.39 is 0 Å².